The lowest BCUT2D eigenvalue weighted by Gasteiger charge is -2.42. The number of aromatic amines is 1. The molecule has 1 aliphatic carbocycles. The van der Waals surface area contributed by atoms with Crippen molar-refractivity contribution in [3.05, 3.63) is 35.0 Å². The van der Waals surface area contributed by atoms with Crippen LogP contribution in [0.1, 0.15) is 31.4 Å². The van der Waals surface area contributed by atoms with Gasteiger partial charge in [0.15, 0.2) is 0 Å². The summed E-state index contributed by atoms with van der Waals surface area (Å²) < 4.78 is 5.91. The molecule has 0 spiro atoms. The molecule has 2 N–H and O–H groups in total. The van der Waals surface area contributed by atoms with Gasteiger partial charge in [0.2, 0.25) is 0 Å². The molecule has 2 heterocycles. The Bertz CT molecular complexity index is 716. The second-order valence-electron chi connectivity index (χ2n) is 6.90. The van der Waals surface area contributed by atoms with E-state index in [0.717, 1.165) is 60.4 Å². The van der Waals surface area contributed by atoms with Gasteiger partial charge >= 0.3 is 0 Å². The fourth-order valence-corrected chi connectivity index (χ4v) is 4.71. The number of aliphatic hydroxyl groups excluding tert-OH is 1. The van der Waals surface area contributed by atoms with Crippen molar-refractivity contribution < 1.29 is 9.84 Å². The van der Waals surface area contributed by atoms with E-state index in [2.05, 4.69) is 16.0 Å². The third-order valence-corrected chi connectivity index (χ3v) is 6.18. The van der Waals surface area contributed by atoms with E-state index in [1.807, 2.05) is 25.3 Å². The van der Waals surface area contributed by atoms with Gasteiger partial charge in [0.1, 0.15) is 0 Å². The Balaban J connectivity index is 1.62. The largest absolute Gasteiger partial charge is 0.393 e. The van der Waals surface area contributed by atoms with Crippen LogP contribution in [0.25, 0.3) is 10.9 Å². The molecule has 124 valence electrons. The number of halogens is 1. The molecule has 0 bridgehead atoms. The molecule has 1 saturated carbocycles. The topological polar surface area (TPSA) is 48.5 Å². The van der Waals surface area contributed by atoms with Gasteiger partial charge in [-0.25, -0.2) is 0 Å². The Kier molecular flexibility index (Phi) is 3.88. The van der Waals surface area contributed by atoms with Crippen molar-refractivity contribution in [1.82, 2.24) is 9.88 Å². The fourth-order valence-electron chi connectivity index (χ4n) is 4.43. The first-order valence-electron chi connectivity index (χ1n) is 8.35. The highest BCUT2D eigenvalue weighted by atomic mass is 35.5. The number of hydrogen-bond acceptors (Lipinski definition) is 3. The highest BCUT2D eigenvalue weighted by Crippen LogP contribution is 2.43. The maximum absolute atomic E-state index is 10.1. The predicted molar refractivity (Wildman–Crippen MR) is 91.7 cm³/mol. The van der Waals surface area contributed by atoms with Crippen LogP contribution < -0.4 is 0 Å². The number of fused-ring (bicyclic) bond motifs is 2. The van der Waals surface area contributed by atoms with E-state index in [-0.39, 0.29) is 17.7 Å². The first kappa shape index (κ1) is 15.5. The van der Waals surface area contributed by atoms with Crippen LogP contribution in [0, 0.1) is 0 Å². The van der Waals surface area contributed by atoms with Gasteiger partial charge in [-0.2, -0.15) is 0 Å². The second kappa shape index (κ2) is 5.78. The fraction of sp³-hybridized carbons (Fsp3) is 0.556. The van der Waals surface area contributed by atoms with E-state index in [4.69, 9.17) is 16.3 Å². The summed E-state index contributed by atoms with van der Waals surface area (Å²) in [5.41, 5.74) is 2.03. The molecule has 2 aliphatic rings. The van der Waals surface area contributed by atoms with Crippen LogP contribution in [0.3, 0.4) is 0 Å². The van der Waals surface area contributed by atoms with Crippen LogP contribution in [0.4, 0.5) is 0 Å². The summed E-state index contributed by atoms with van der Waals surface area (Å²) in [7, 11) is 1.81. The Labute approximate surface area is 141 Å². The van der Waals surface area contributed by atoms with Crippen LogP contribution in [0.15, 0.2) is 24.3 Å². The normalized spacial score (nSPS) is 31.6. The number of aliphatic hydroxyl groups is 1. The lowest BCUT2D eigenvalue weighted by molar-refractivity contribution is -0.0880. The molecule has 2 fully saturated rings. The highest BCUT2D eigenvalue weighted by Gasteiger charge is 2.50. The Morgan fingerprint density at radius 2 is 2.22 bits per heavy atom. The number of methoxy groups -OCH3 is 1. The predicted octanol–water partition coefficient (Wildman–Crippen LogP) is 3.33. The third kappa shape index (κ3) is 2.49. The summed E-state index contributed by atoms with van der Waals surface area (Å²) in [6.45, 7) is 1.76. The Hall–Kier alpha value is -1.07. The van der Waals surface area contributed by atoms with Crippen molar-refractivity contribution in [1.29, 1.82) is 0 Å². The van der Waals surface area contributed by atoms with Crippen molar-refractivity contribution in [2.24, 2.45) is 0 Å². The van der Waals surface area contributed by atoms with Gasteiger partial charge in [0.25, 0.3) is 0 Å². The molecule has 3 atom stereocenters. The molecule has 5 heteroatoms. The molecule has 4 rings (SSSR count). The number of rotatable bonds is 3. The summed E-state index contributed by atoms with van der Waals surface area (Å²) in [5, 5.41) is 12.0. The molecule has 0 amide bonds. The highest BCUT2D eigenvalue weighted by molar-refractivity contribution is 6.36. The molecule has 1 aromatic heterocycles. The lowest BCUT2D eigenvalue weighted by Crippen LogP contribution is -2.51. The van der Waals surface area contributed by atoms with Gasteiger partial charge < -0.3 is 14.8 Å². The molecular weight excluding hydrogens is 312 g/mol. The van der Waals surface area contributed by atoms with Crippen LogP contribution in [-0.4, -0.2) is 46.4 Å². The minimum Gasteiger partial charge on any atom is -0.393 e. The standard InChI is InChI=1S/C18H23ClN2O2/c1-23-18-7-6-12(22)10-16(18)21(9-8-18)11-15-17(19)13-4-2-3-5-14(13)20-15/h2-5,12,16,20,22H,6-11H2,1H3/t12-,16+,18-/m1/s1. The van der Waals surface area contributed by atoms with Gasteiger partial charge in [0.05, 0.1) is 16.7 Å². The summed E-state index contributed by atoms with van der Waals surface area (Å²) in [6.07, 6.45) is 3.37. The molecule has 0 unspecified atom stereocenters. The second-order valence-corrected chi connectivity index (χ2v) is 7.27. The number of likely N-dealkylation sites (tertiary alicyclic amines) is 1. The average Bonchev–Trinajstić information content (AvgIpc) is 3.08. The molecular formula is C18H23ClN2O2. The zero-order valence-electron chi connectivity index (χ0n) is 13.4. The van der Waals surface area contributed by atoms with Crippen molar-refractivity contribution in [3.63, 3.8) is 0 Å². The van der Waals surface area contributed by atoms with Gasteiger partial charge in [-0.15, -0.1) is 0 Å². The van der Waals surface area contributed by atoms with Crippen molar-refractivity contribution in [3.8, 4) is 0 Å². The van der Waals surface area contributed by atoms with Crippen LogP contribution in [0.5, 0.6) is 0 Å². The van der Waals surface area contributed by atoms with E-state index in [9.17, 15) is 5.11 Å². The number of benzene rings is 1. The lowest BCUT2D eigenvalue weighted by atomic mass is 9.79. The maximum atomic E-state index is 10.1. The number of ether oxygens (including phenoxy) is 1. The summed E-state index contributed by atoms with van der Waals surface area (Å²) >= 11 is 6.57. The summed E-state index contributed by atoms with van der Waals surface area (Å²) in [6, 6.07) is 8.39. The number of hydrogen-bond donors (Lipinski definition) is 2. The third-order valence-electron chi connectivity index (χ3n) is 5.75. The minimum atomic E-state index is -0.220. The van der Waals surface area contributed by atoms with Gasteiger partial charge in [-0.05, 0) is 31.7 Å². The van der Waals surface area contributed by atoms with E-state index >= 15 is 0 Å². The maximum Gasteiger partial charge on any atom is 0.0847 e. The van der Waals surface area contributed by atoms with Gasteiger partial charge in [-0.3, -0.25) is 4.90 Å². The minimum absolute atomic E-state index is 0.0995. The molecule has 2 aromatic rings. The van der Waals surface area contributed by atoms with Crippen LogP contribution in [0.2, 0.25) is 5.02 Å². The number of aromatic nitrogens is 1. The first-order valence-corrected chi connectivity index (χ1v) is 8.73. The smallest absolute Gasteiger partial charge is 0.0847 e. The van der Waals surface area contributed by atoms with E-state index in [1.54, 1.807) is 0 Å². The molecule has 1 aliphatic heterocycles. The first-order chi connectivity index (χ1) is 11.1. The number of nitrogens with zero attached hydrogens (tertiary/aromatic N) is 1. The molecule has 4 nitrogen and oxygen atoms in total. The monoisotopic (exact) mass is 334 g/mol. The van der Waals surface area contributed by atoms with E-state index < -0.39 is 0 Å². The van der Waals surface area contributed by atoms with E-state index in [0.29, 0.717) is 0 Å². The Morgan fingerprint density at radius 1 is 1.39 bits per heavy atom. The van der Waals surface area contributed by atoms with E-state index in [1.165, 1.54) is 0 Å². The SMILES string of the molecule is CO[C@@]12CC[C@@H](O)C[C@@H]1N(Cc1[nH]c3ccccc3c1Cl)CC2. The van der Waals surface area contributed by atoms with Crippen molar-refractivity contribution in [2.75, 3.05) is 13.7 Å². The zero-order chi connectivity index (χ0) is 16.0. The molecule has 1 saturated heterocycles. The van der Waals surface area contributed by atoms with Crippen LogP contribution >= 0.6 is 11.6 Å². The van der Waals surface area contributed by atoms with Crippen LogP contribution in [-0.2, 0) is 11.3 Å². The quantitative estimate of drug-likeness (QED) is 0.905. The van der Waals surface area contributed by atoms with Gasteiger partial charge in [0, 0.05) is 42.8 Å². The molecule has 1 aromatic carbocycles. The zero-order valence-corrected chi connectivity index (χ0v) is 14.1. The summed E-state index contributed by atoms with van der Waals surface area (Å²) in [5.74, 6) is 0. The van der Waals surface area contributed by atoms with Gasteiger partial charge in [-0.1, -0.05) is 29.8 Å². The molecule has 0 radical (unpaired) electrons. The van der Waals surface area contributed by atoms with Crippen molar-refractivity contribution in [2.45, 2.75) is 50.0 Å². The molecule has 23 heavy (non-hydrogen) atoms. The number of para-hydroxylation sites is 1. The average molecular weight is 335 g/mol. The number of H-pyrrole nitrogens is 1. The Morgan fingerprint density at radius 3 is 3.00 bits per heavy atom. The summed E-state index contributed by atoms with van der Waals surface area (Å²) in [4.78, 5) is 5.87. The van der Waals surface area contributed by atoms with Crippen molar-refractivity contribution >= 4 is 22.5 Å². The number of nitrogens with one attached hydrogen (secondary N) is 1.